The average Bonchev–Trinajstić information content (AvgIpc) is 2.01. The molecule has 64 valence electrons. The minimum absolute atomic E-state index is 0.242. The van der Waals surface area contributed by atoms with Gasteiger partial charge in [0.2, 0.25) is 0 Å². The Balaban J connectivity index is 2.23. The summed E-state index contributed by atoms with van der Waals surface area (Å²) in [7, 11) is 0. The molecular weight excluding hydrogens is 140 g/mol. The quantitative estimate of drug-likeness (QED) is 0.627. The number of aliphatic hydroxyl groups is 1. The summed E-state index contributed by atoms with van der Waals surface area (Å²) in [5.41, 5.74) is 0. The molecule has 0 amide bonds. The standard InChI is InChI=1S/C9H16O2/c1-8-4-2-5-9(11-8)6-3-7-10/h2,5,8-10H,3-4,6-7H2,1H3/t8-,9-/m0/s1. The molecule has 0 unspecified atom stereocenters. The van der Waals surface area contributed by atoms with Gasteiger partial charge >= 0.3 is 0 Å². The third-order valence-electron chi connectivity index (χ3n) is 1.87. The highest BCUT2D eigenvalue weighted by Crippen LogP contribution is 2.14. The van der Waals surface area contributed by atoms with Crippen molar-refractivity contribution in [2.24, 2.45) is 0 Å². The third kappa shape index (κ3) is 3.04. The fourth-order valence-electron chi connectivity index (χ4n) is 1.28. The first-order valence-corrected chi connectivity index (χ1v) is 4.26. The van der Waals surface area contributed by atoms with Crippen LogP contribution < -0.4 is 0 Å². The van der Waals surface area contributed by atoms with Crippen molar-refractivity contribution in [1.29, 1.82) is 0 Å². The van der Waals surface area contributed by atoms with Crippen molar-refractivity contribution in [2.75, 3.05) is 6.61 Å². The van der Waals surface area contributed by atoms with Crippen LogP contribution in [0, 0.1) is 0 Å². The molecule has 1 aliphatic heterocycles. The van der Waals surface area contributed by atoms with Gasteiger partial charge in [0.1, 0.15) is 0 Å². The van der Waals surface area contributed by atoms with E-state index in [-0.39, 0.29) is 12.7 Å². The number of hydrogen-bond acceptors (Lipinski definition) is 2. The molecule has 0 radical (unpaired) electrons. The summed E-state index contributed by atoms with van der Waals surface area (Å²) in [6.45, 7) is 2.34. The Kier molecular flexibility index (Phi) is 3.60. The van der Waals surface area contributed by atoms with E-state index in [1.54, 1.807) is 0 Å². The van der Waals surface area contributed by atoms with Crippen molar-refractivity contribution in [3.63, 3.8) is 0 Å². The van der Waals surface area contributed by atoms with Gasteiger partial charge < -0.3 is 9.84 Å². The van der Waals surface area contributed by atoms with Gasteiger partial charge in [0, 0.05) is 6.61 Å². The fraction of sp³-hybridized carbons (Fsp3) is 0.778. The average molecular weight is 156 g/mol. The van der Waals surface area contributed by atoms with E-state index in [1.165, 1.54) is 0 Å². The summed E-state index contributed by atoms with van der Waals surface area (Å²) in [6.07, 6.45) is 7.65. The largest absolute Gasteiger partial charge is 0.396 e. The molecule has 2 atom stereocenters. The van der Waals surface area contributed by atoms with Crippen molar-refractivity contribution in [3.05, 3.63) is 12.2 Å². The molecular formula is C9H16O2. The molecule has 0 bridgehead atoms. The van der Waals surface area contributed by atoms with Crippen molar-refractivity contribution in [3.8, 4) is 0 Å². The van der Waals surface area contributed by atoms with Crippen LogP contribution in [0.5, 0.6) is 0 Å². The first-order chi connectivity index (χ1) is 5.33. The van der Waals surface area contributed by atoms with Crippen LogP contribution in [0.15, 0.2) is 12.2 Å². The lowest BCUT2D eigenvalue weighted by molar-refractivity contribution is 0.0104. The van der Waals surface area contributed by atoms with E-state index in [0.29, 0.717) is 6.10 Å². The molecule has 0 spiro atoms. The fourth-order valence-corrected chi connectivity index (χ4v) is 1.28. The van der Waals surface area contributed by atoms with Crippen LogP contribution in [0.3, 0.4) is 0 Å². The zero-order chi connectivity index (χ0) is 8.10. The van der Waals surface area contributed by atoms with Gasteiger partial charge in [0.15, 0.2) is 0 Å². The van der Waals surface area contributed by atoms with Crippen LogP contribution in [0.2, 0.25) is 0 Å². The molecule has 1 rings (SSSR count). The highest BCUT2D eigenvalue weighted by Gasteiger charge is 2.12. The van der Waals surface area contributed by atoms with E-state index in [0.717, 1.165) is 19.3 Å². The summed E-state index contributed by atoms with van der Waals surface area (Å²) in [4.78, 5) is 0. The second-order valence-electron chi connectivity index (χ2n) is 3.01. The van der Waals surface area contributed by atoms with E-state index >= 15 is 0 Å². The normalized spacial score (nSPS) is 30.7. The minimum Gasteiger partial charge on any atom is -0.396 e. The summed E-state index contributed by atoms with van der Waals surface area (Å²) >= 11 is 0. The molecule has 0 aromatic rings. The highest BCUT2D eigenvalue weighted by atomic mass is 16.5. The summed E-state index contributed by atoms with van der Waals surface area (Å²) in [6, 6.07) is 0. The second kappa shape index (κ2) is 4.52. The molecule has 0 saturated carbocycles. The van der Waals surface area contributed by atoms with E-state index < -0.39 is 0 Å². The maximum Gasteiger partial charge on any atom is 0.0760 e. The first kappa shape index (κ1) is 8.75. The van der Waals surface area contributed by atoms with E-state index in [9.17, 15) is 0 Å². The molecule has 1 aliphatic rings. The number of rotatable bonds is 3. The molecule has 0 aromatic carbocycles. The lowest BCUT2D eigenvalue weighted by Gasteiger charge is -2.22. The van der Waals surface area contributed by atoms with Crippen LogP contribution in [0.25, 0.3) is 0 Å². The predicted molar refractivity (Wildman–Crippen MR) is 44.4 cm³/mol. The Labute approximate surface area is 67.9 Å². The van der Waals surface area contributed by atoms with Crippen molar-refractivity contribution in [2.45, 2.75) is 38.4 Å². The molecule has 2 heteroatoms. The van der Waals surface area contributed by atoms with Gasteiger partial charge in [0.25, 0.3) is 0 Å². The van der Waals surface area contributed by atoms with Gasteiger partial charge in [-0.05, 0) is 26.2 Å². The second-order valence-corrected chi connectivity index (χ2v) is 3.01. The van der Waals surface area contributed by atoms with Gasteiger partial charge in [-0.1, -0.05) is 12.2 Å². The molecule has 0 saturated heterocycles. The van der Waals surface area contributed by atoms with Crippen molar-refractivity contribution in [1.82, 2.24) is 0 Å². The SMILES string of the molecule is C[C@H]1CC=C[C@@H](CCCO)O1. The van der Waals surface area contributed by atoms with Gasteiger partial charge in [-0.25, -0.2) is 0 Å². The highest BCUT2D eigenvalue weighted by molar-refractivity contribution is 4.95. The van der Waals surface area contributed by atoms with Crippen molar-refractivity contribution >= 4 is 0 Å². The van der Waals surface area contributed by atoms with Gasteiger partial charge in [-0.3, -0.25) is 0 Å². The molecule has 0 aliphatic carbocycles. The van der Waals surface area contributed by atoms with E-state index in [4.69, 9.17) is 9.84 Å². The van der Waals surface area contributed by atoms with Crippen LogP contribution in [-0.4, -0.2) is 23.9 Å². The van der Waals surface area contributed by atoms with Crippen LogP contribution in [0.1, 0.15) is 26.2 Å². The first-order valence-electron chi connectivity index (χ1n) is 4.26. The molecule has 0 aromatic heterocycles. The van der Waals surface area contributed by atoms with Gasteiger partial charge in [-0.2, -0.15) is 0 Å². The van der Waals surface area contributed by atoms with E-state index in [1.807, 2.05) is 0 Å². The van der Waals surface area contributed by atoms with Crippen LogP contribution in [0.4, 0.5) is 0 Å². The Morgan fingerprint density at radius 3 is 3.09 bits per heavy atom. The third-order valence-corrected chi connectivity index (χ3v) is 1.87. The Hall–Kier alpha value is -0.340. The maximum atomic E-state index is 8.58. The summed E-state index contributed by atoms with van der Waals surface area (Å²) in [5.74, 6) is 0. The van der Waals surface area contributed by atoms with Crippen molar-refractivity contribution < 1.29 is 9.84 Å². The summed E-state index contributed by atoms with van der Waals surface area (Å²) < 4.78 is 5.59. The zero-order valence-corrected chi connectivity index (χ0v) is 6.99. The minimum atomic E-state index is 0.242. The number of ether oxygens (including phenoxy) is 1. The summed E-state index contributed by atoms with van der Waals surface area (Å²) in [5, 5.41) is 8.58. The lowest BCUT2D eigenvalue weighted by atomic mass is 10.1. The van der Waals surface area contributed by atoms with E-state index in [2.05, 4.69) is 19.1 Å². The molecule has 0 fully saturated rings. The molecule has 1 N–H and O–H groups in total. The Bertz CT molecular complexity index is 132. The molecule has 11 heavy (non-hydrogen) atoms. The topological polar surface area (TPSA) is 29.5 Å². The molecule has 2 nitrogen and oxygen atoms in total. The zero-order valence-electron chi connectivity index (χ0n) is 6.99. The van der Waals surface area contributed by atoms with Crippen LogP contribution >= 0.6 is 0 Å². The molecule has 1 heterocycles. The van der Waals surface area contributed by atoms with Crippen LogP contribution in [-0.2, 0) is 4.74 Å². The predicted octanol–water partition coefficient (Wildman–Crippen LogP) is 1.49. The smallest absolute Gasteiger partial charge is 0.0760 e. The Morgan fingerprint density at radius 1 is 1.64 bits per heavy atom. The monoisotopic (exact) mass is 156 g/mol. The Morgan fingerprint density at radius 2 is 2.45 bits per heavy atom. The van der Waals surface area contributed by atoms with Gasteiger partial charge in [-0.15, -0.1) is 0 Å². The number of hydrogen-bond donors (Lipinski definition) is 1. The maximum absolute atomic E-state index is 8.58. The lowest BCUT2D eigenvalue weighted by Crippen LogP contribution is -2.21. The van der Waals surface area contributed by atoms with Gasteiger partial charge in [0.05, 0.1) is 12.2 Å². The number of aliphatic hydroxyl groups excluding tert-OH is 1.